The first-order valence-corrected chi connectivity index (χ1v) is 7.51. The van der Waals surface area contributed by atoms with Crippen molar-refractivity contribution in [3.05, 3.63) is 29.8 Å². The van der Waals surface area contributed by atoms with Crippen LogP contribution in [0.3, 0.4) is 0 Å². The summed E-state index contributed by atoms with van der Waals surface area (Å²) in [5.41, 5.74) is 2.40. The topological polar surface area (TPSA) is 34.0 Å². The maximum absolute atomic E-state index is 4.36. The van der Waals surface area contributed by atoms with Crippen LogP contribution in [0.4, 0.5) is 0 Å². The lowest BCUT2D eigenvalue weighted by atomic mass is 10.1. The molecule has 0 N–H and O–H groups in total. The Bertz CT molecular complexity index is 574. The van der Waals surface area contributed by atoms with Crippen molar-refractivity contribution in [2.75, 3.05) is 5.88 Å². The maximum Gasteiger partial charge on any atom is 0.193 e. The molecule has 0 atom stereocenters. The zero-order valence-corrected chi connectivity index (χ0v) is 12.3. The van der Waals surface area contributed by atoms with Gasteiger partial charge in [-0.3, -0.25) is 9.47 Å². The highest BCUT2D eigenvalue weighted by Crippen LogP contribution is 2.29. The number of aryl methyl sites for hydroxylation is 1. The van der Waals surface area contributed by atoms with Crippen molar-refractivity contribution in [3.8, 4) is 11.4 Å². The Morgan fingerprint density at radius 1 is 1.16 bits per heavy atom. The number of aromatic nitrogens is 3. The van der Waals surface area contributed by atoms with Crippen molar-refractivity contribution in [1.82, 2.24) is 19.7 Å². The Hall–Kier alpha value is -1.33. The third-order valence-electron chi connectivity index (χ3n) is 3.44. The van der Waals surface area contributed by atoms with E-state index in [1.165, 1.54) is 5.56 Å². The Morgan fingerprint density at radius 2 is 1.89 bits per heavy atom. The summed E-state index contributed by atoms with van der Waals surface area (Å²) in [5.74, 6) is 1.96. The molecule has 0 saturated heterocycles. The van der Waals surface area contributed by atoms with Crippen molar-refractivity contribution < 1.29 is 0 Å². The average Bonchev–Trinajstić information content (AvgIpc) is 2.82. The summed E-state index contributed by atoms with van der Waals surface area (Å²) in [7, 11) is 0. The fraction of sp³-hybridized carbons (Fsp3) is 0.429. The van der Waals surface area contributed by atoms with E-state index >= 15 is 0 Å². The monoisotopic (exact) mass is 274 g/mol. The summed E-state index contributed by atoms with van der Waals surface area (Å²) in [6.45, 7) is 7.42. The van der Waals surface area contributed by atoms with E-state index in [0.29, 0.717) is 6.04 Å². The fourth-order valence-electron chi connectivity index (χ4n) is 2.11. The van der Waals surface area contributed by atoms with Gasteiger partial charge in [-0.2, -0.15) is 0 Å². The molecule has 0 saturated carbocycles. The van der Waals surface area contributed by atoms with Gasteiger partial charge in [0.15, 0.2) is 11.0 Å². The molecule has 0 aliphatic carbocycles. The summed E-state index contributed by atoms with van der Waals surface area (Å²) >= 11 is 1.76. The van der Waals surface area contributed by atoms with Gasteiger partial charge in [-0.05, 0) is 20.8 Å². The molecule has 2 aromatic rings. The van der Waals surface area contributed by atoms with Crippen LogP contribution in [-0.4, -0.2) is 31.6 Å². The standard InChI is InChI=1S/C14H18N4S/c1-10(2)17-8-18-13(15-16-14(18)19-9-17)12-6-4-11(3)5-7-12/h4-7,10H,8-9H2,1-3H3. The van der Waals surface area contributed by atoms with Crippen LogP contribution in [0.25, 0.3) is 11.4 Å². The Kier molecular flexibility index (Phi) is 3.33. The number of hydrogen-bond acceptors (Lipinski definition) is 4. The molecule has 0 radical (unpaired) electrons. The molecule has 0 spiro atoms. The number of fused-ring (bicyclic) bond motifs is 1. The number of hydrogen-bond donors (Lipinski definition) is 0. The molecule has 1 aliphatic heterocycles. The first kappa shape index (κ1) is 12.7. The van der Waals surface area contributed by atoms with Crippen LogP contribution in [0.15, 0.2) is 29.4 Å². The summed E-state index contributed by atoms with van der Waals surface area (Å²) in [4.78, 5) is 2.42. The predicted octanol–water partition coefficient (Wildman–Crippen LogP) is 2.98. The summed E-state index contributed by atoms with van der Waals surface area (Å²) in [5, 5.41) is 9.68. The van der Waals surface area contributed by atoms with Gasteiger partial charge < -0.3 is 0 Å². The third kappa shape index (κ3) is 2.40. The molecular weight excluding hydrogens is 256 g/mol. The van der Waals surface area contributed by atoms with Gasteiger partial charge in [0.25, 0.3) is 0 Å². The molecule has 5 heteroatoms. The second kappa shape index (κ2) is 4.98. The lowest BCUT2D eigenvalue weighted by molar-refractivity contribution is 0.193. The van der Waals surface area contributed by atoms with Gasteiger partial charge in [0.05, 0.1) is 12.5 Å². The van der Waals surface area contributed by atoms with E-state index in [0.717, 1.165) is 29.1 Å². The van der Waals surface area contributed by atoms with Gasteiger partial charge in [0.1, 0.15) is 0 Å². The number of nitrogens with zero attached hydrogens (tertiary/aromatic N) is 4. The summed E-state index contributed by atoms with van der Waals surface area (Å²) < 4.78 is 2.21. The highest BCUT2D eigenvalue weighted by Gasteiger charge is 2.23. The minimum Gasteiger partial charge on any atom is -0.288 e. The molecule has 0 amide bonds. The number of rotatable bonds is 2. The van der Waals surface area contributed by atoms with Crippen molar-refractivity contribution in [3.63, 3.8) is 0 Å². The molecule has 3 rings (SSSR count). The third-order valence-corrected chi connectivity index (χ3v) is 4.46. The van der Waals surface area contributed by atoms with Crippen molar-refractivity contribution in [1.29, 1.82) is 0 Å². The van der Waals surface area contributed by atoms with E-state index in [1.54, 1.807) is 11.8 Å². The number of benzene rings is 1. The van der Waals surface area contributed by atoms with Gasteiger partial charge >= 0.3 is 0 Å². The minimum absolute atomic E-state index is 0.536. The largest absolute Gasteiger partial charge is 0.288 e. The zero-order valence-electron chi connectivity index (χ0n) is 11.5. The van der Waals surface area contributed by atoms with E-state index in [9.17, 15) is 0 Å². The van der Waals surface area contributed by atoms with Gasteiger partial charge in [-0.25, -0.2) is 0 Å². The Labute approximate surface area is 117 Å². The van der Waals surface area contributed by atoms with Crippen LogP contribution in [0.2, 0.25) is 0 Å². The molecule has 0 bridgehead atoms. The zero-order chi connectivity index (χ0) is 13.4. The van der Waals surface area contributed by atoms with Crippen LogP contribution < -0.4 is 0 Å². The van der Waals surface area contributed by atoms with Gasteiger partial charge in [-0.1, -0.05) is 41.6 Å². The predicted molar refractivity (Wildman–Crippen MR) is 77.9 cm³/mol. The first-order chi connectivity index (χ1) is 9.15. The lowest BCUT2D eigenvalue weighted by Gasteiger charge is -2.30. The highest BCUT2D eigenvalue weighted by molar-refractivity contribution is 7.99. The van der Waals surface area contributed by atoms with Crippen molar-refractivity contribution in [2.24, 2.45) is 0 Å². The molecule has 2 heterocycles. The smallest absolute Gasteiger partial charge is 0.193 e. The normalized spacial score (nSPS) is 15.8. The van der Waals surface area contributed by atoms with Crippen LogP contribution in [0.1, 0.15) is 19.4 Å². The highest BCUT2D eigenvalue weighted by atomic mass is 32.2. The van der Waals surface area contributed by atoms with Crippen molar-refractivity contribution >= 4 is 11.8 Å². The molecule has 19 heavy (non-hydrogen) atoms. The van der Waals surface area contributed by atoms with E-state index in [4.69, 9.17) is 0 Å². The van der Waals surface area contributed by atoms with Crippen LogP contribution in [0.5, 0.6) is 0 Å². The van der Waals surface area contributed by atoms with Gasteiger partial charge in [0, 0.05) is 11.6 Å². The SMILES string of the molecule is Cc1ccc(-c2nnc3n2CN(C(C)C)CS3)cc1. The maximum atomic E-state index is 4.36. The summed E-state index contributed by atoms with van der Waals surface area (Å²) in [6, 6.07) is 9.01. The quantitative estimate of drug-likeness (QED) is 0.843. The summed E-state index contributed by atoms with van der Waals surface area (Å²) in [6.07, 6.45) is 0. The Balaban J connectivity index is 1.97. The molecule has 4 nitrogen and oxygen atoms in total. The fourth-order valence-corrected chi connectivity index (χ4v) is 3.17. The molecule has 1 aromatic carbocycles. The van der Waals surface area contributed by atoms with Crippen LogP contribution in [-0.2, 0) is 6.67 Å². The van der Waals surface area contributed by atoms with E-state index < -0.39 is 0 Å². The second-order valence-electron chi connectivity index (χ2n) is 5.20. The molecular formula is C14H18N4S. The van der Waals surface area contributed by atoms with Gasteiger partial charge in [0.2, 0.25) is 0 Å². The van der Waals surface area contributed by atoms with E-state index in [-0.39, 0.29) is 0 Å². The van der Waals surface area contributed by atoms with Gasteiger partial charge in [-0.15, -0.1) is 10.2 Å². The number of thioether (sulfide) groups is 1. The van der Waals surface area contributed by atoms with E-state index in [1.807, 2.05) is 0 Å². The van der Waals surface area contributed by atoms with Crippen LogP contribution >= 0.6 is 11.8 Å². The second-order valence-corrected chi connectivity index (χ2v) is 6.11. The molecule has 1 aliphatic rings. The molecule has 0 unspecified atom stereocenters. The average molecular weight is 274 g/mol. The minimum atomic E-state index is 0.536. The molecule has 0 fully saturated rings. The van der Waals surface area contributed by atoms with E-state index in [2.05, 4.69) is 64.7 Å². The first-order valence-electron chi connectivity index (χ1n) is 6.52. The van der Waals surface area contributed by atoms with Crippen LogP contribution in [0, 0.1) is 6.92 Å². The lowest BCUT2D eigenvalue weighted by Crippen LogP contribution is -2.35. The molecule has 1 aromatic heterocycles. The van der Waals surface area contributed by atoms with Crippen molar-refractivity contribution in [2.45, 2.75) is 38.6 Å². The Morgan fingerprint density at radius 3 is 2.58 bits per heavy atom. The molecule has 100 valence electrons.